The second-order valence-electron chi connectivity index (χ2n) is 8.08. The van der Waals surface area contributed by atoms with Crippen LogP contribution >= 0.6 is 0 Å². The highest BCUT2D eigenvalue weighted by molar-refractivity contribution is 7.89. The van der Waals surface area contributed by atoms with Crippen molar-refractivity contribution < 1.29 is 8.42 Å². The molecule has 1 aliphatic carbocycles. The molecule has 0 aromatic heterocycles. The Kier molecular flexibility index (Phi) is 8.65. The summed E-state index contributed by atoms with van der Waals surface area (Å²) in [4.78, 5) is 4.44. The minimum atomic E-state index is -3.99. The number of nitrogens with one attached hydrogen (secondary N) is 1. The van der Waals surface area contributed by atoms with Gasteiger partial charge in [0.05, 0.1) is 4.90 Å². The second kappa shape index (κ2) is 10.8. The van der Waals surface area contributed by atoms with Crippen LogP contribution in [0, 0.1) is 5.53 Å². The van der Waals surface area contributed by atoms with E-state index in [-0.39, 0.29) is 22.2 Å². The van der Waals surface area contributed by atoms with Gasteiger partial charge in [-0.25, -0.2) is 13.6 Å². The molecule has 0 saturated carbocycles. The summed E-state index contributed by atoms with van der Waals surface area (Å²) in [5.74, 6) is -0.0102. The molecule has 0 amide bonds. The predicted octanol–water partition coefficient (Wildman–Crippen LogP) is 2.06. The van der Waals surface area contributed by atoms with Gasteiger partial charge in [-0.2, -0.15) is 5.53 Å². The molecule has 10 heteroatoms. The molecule has 0 radical (unpaired) electrons. The summed E-state index contributed by atoms with van der Waals surface area (Å²) in [6, 6.07) is 4.93. The van der Waals surface area contributed by atoms with E-state index in [4.69, 9.17) is 16.4 Å². The average Bonchev–Trinajstić information content (AvgIpc) is 2.67. The fourth-order valence-electron chi connectivity index (χ4n) is 3.90. The Morgan fingerprint density at radius 2 is 2.00 bits per heavy atom. The molecule has 0 aliphatic heterocycles. The van der Waals surface area contributed by atoms with Crippen LogP contribution in [0.2, 0.25) is 0 Å². The number of benzene rings is 1. The number of primary sulfonamides is 1. The molecule has 1 unspecified atom stereocenters. The molecule has 0 bridgehead atoms. The Balaban J connectivity index is 2.18. The lowest BCUT2D eigenvalue weighted by atomic mass is 9.82. The summed E-state index contributed by atoms with van der Waals surface area (Å²) < 4.78 is 24.1. The standard InChI is InChI=1S/C20H33N7O2S/c1-26(2)12-5-13-27(3)14-15-8-10-16(11-9-15)17-6-4-7-18(30(23,28)29)19(17)20(21)24-25-22/h4,6-8,16H,5,9-14H2,1-3H3,(H3,21,22,24)(H2,23,28,29). The van der Waals surface area contributed by atoms with Gasteiger partial charge in [-0.05, 0) is 77.5 Å². The summed E-state index contributed by atoms with van der Waals surface area (Å²) in [5, 5.41) is 11.9. The Morgan fingerprint density at radius 3 is 2.57 bits per heavy atom. The van der Waals surface area contributed by atoms with Crippen LogP contribution in [0.4, 0.5) is 0 Å². The zero-order chi connectivity index (χ0) is 22.3. The number of likely N-dealkylation sites (N-methyl/N-ethyl adjacent to an activating group) is 1. The van der Waals surface area contributed by atoms with Crippen LogP contribution in [-0.2, 0) is 10.0 Å². The zero-order valence-electron chi connectivity index (χ0n) is 18.0. The molecule has 0 spiro atoms. The van der Waals surface area contributed by atoms with Crippen molar-refractivity contribution in [2.75, 3.05) is 40.8 Å². The van der Waals surface area contributed by atoms with Crippen molar-refractivity contribution in [1.29, 1.82) is 5.53 Å². The maximum absolute atomic E-state index is 12.1. The summed E-state index contributed by atoms with van der Waals surface area (Å²) >= 11 is 0. The third kappa shape index (κ3) is 6.69. The van der Waals surface area contributed by atoms with Crippen LogP contribution in [0.1, 0.15) is 42.7 Å². The van der Waals surface area contributed by atoms with Crippen molar-refractivity contribution >= 4 is 15.9 Å². The van der Waals surface area contributed by atoms with Crippen LogP contribution in [0.25, 0.3) is 0 Å². The normalized spacial score (nSPS) is 18.0. The highest BCUT2D eigenvalue weighted by atomic mass is 32.2. The number of rotatable bonds is 10. The van der Waals surface area contributed by atoms with Gasteiger partial charge < -0.3 is 15.5 Å². The maximum Gasteiger partial charge on any atom is 0.238 e. The topological polar surface area (TPSA) is 141 Å². The summed E-state index contributed by atoms with van der Waals surface area (Å²) in [7, 11) is 2.31. The van der Waals surface area contributed by atoms with Gasteiger partial charge in [0.25, 0.3) is 0 Å². The number of nitrogens with zero attached hydrogens (tertiary/aromatic N) is 4. The molecule has 9 nitrogen and oxygen atoms in total. The number of amidine groups is 1. The van der Waals surface area contributed by atoms with Crippen LogP contribution < -0.4 is 10.9 Å². The molecule has 1 aliphatic rings. The van der Waals surface area contributed by atoms with Gasteiger partial charge in [-0.15, -0.1) is 5.10 Å². The lowest BCUT2D eigenvalue weighted by Gasteiger charge is -2.27. The van der Waals surface area contributed by atoms with E-state index >= 15 is 0 Å². The quantitative estimate of drug-likeness (QED) is 0.170. The zero-order valence-corrected chi connectivity index (χ0v) is 18.8. The van der Waals surface area contributed by atoms with E-state index < -0.39 is 10.0 Å². The second-order valence-corrected chi connectivity index (χ2v) is 9.61. The third-order valence-electron chi connectivity index (χ3n) is 5.34. The molecule has 0 heterocycles. The molecular weight excluding hydrogens is 402 g/mol. The van der Waals surface area contributed by atoms with E-state index in [1.165, 1.54) is 11.6 Å². The first kappa shape index (κ1) is 24.1. The van der Waals surface area contributed by atoms with Crippen molar-refractivity contribution in [2.24, 2.45) is 21.2 Å². The number of hydrogen-bond acceptors (Lipinski definition) is 6. The fourth-order valence-corrected chi connectivity index (χ4v) is 4.68. The predicted molar refractivity (Wildman–Crippen MR) is 119 cm³/mol. The maximum atomic E-state index is 12.1. The van der Waals surface area contributed by atoms with E-state index in [0.29, 0.717) is 0 Å². The molecule has 2 rings (SSSR count). The largest absolute Gasteiger partial charge is 0.382 e. The minimum Gasteiger partial charge on any atom is -0.382 e. The summed E-state index contributed by atoms with van der Waals surface area (Å²) in [6.45, 7) is 3.05. The highest BCUT2D eigenvalue weighted by Gasteiger charge is 2.26. The van der Waals surface area contributed by atoms with Gasteiger partial charge >= 0.3 is 0 Å². The van der Waals surface area contributed by atoms with Crippen LogP contribution in [-0.4, -0.2) is 64.8 Å². The molecule has 0 fully saturated rings. The van der Waals surface area contributed by atoms with Crippen molar-refractivity contribution in [1.82, 2.24) is 9.80 Å². The molecule has 166 valence electrons. The SMILES string of the molecule is CN(C)CCCN(C)CC1=CCC(c2cccc(S(N)(=O)=O)c2C(N)=NN=N)CC1. The van der Waals surface area contributed by atoms with E-state index in [2.05, 4.69) is 47.3 Å². The number of hydrogen-bond donors (Lipinski definition) is 3. The van der Waals surface area contributed by atoms with Crippen molar-refractivity contribution in [3.05, 3.63) is 41.0 Å². The third-order valence-corrected chi connectivity index (χ3v) is 6.30. The first-order valence-electron chi connectivity index (χ1n) is 10.0. The van der Waals surface area contributed by atoms with Crippen LogP contribution in [0.15, 0.2) is 45.1 Å². The highest BCUT2D eigenvalue weighted by Crippen LogP contribution is 2.36. The van der Waals surface area contributed by atoms with Gasteiger partial charge in [0.15, 0.2) is 5.84 Å². The Bertz CT molecular complexity index is 910. The summed E-state index contributed by atoms with van der Waals surface area (Å²) in [5.41, 5.74) is 15.3. The number of sulfonamides is 1. The summed E-state index contributed by atoms with van der Waals surface area (Å²) in [6.07, 6.45) is 5.97. The molecule has 1 atom stereocenters. The molecule has 1 aromatic rings. The number of nitrogens with two attached hydrogens (primary N) is 2. The van der Waals surface area contributed by atoms with Crippen LogP contribution in [0.3, 0.4) is 0 Å². The van der Waals surface area contributed by atoms with E-state index in [0.717, 1.165) is 50.9 Å². The van der Waals surface area contributed by atoms with Crippen molar-refractivity contribution in [2.45, 2.75) is 36.5 Å². The van der Waals surface area contributed by atoms with E-state index in [9.17, 15) is 8.42 Å². The van der Waals surface area contributed by atoms with Crippen LogP contribution in [0.5, 0.6) is 0 Å². The minimum absolute atomic E-state index is 0.0831. The van der Waals surface area contributed by atoms with E-state index in [1.54, 1.807) is 6.07 Å². The molecule has 0 saturated heterocycles. The Labute approximate surface area is 179 Å². The molecule has 5 N–H and O–H groups in total. The lowest BCUT2D eigenvalue weighted by molar-refractivity contribution is 0.313. The van der Waals surface area contributed by atoms with Gasteiger partial charge in [-0.3, -0.25) is 0 Å². The molecule has 1 aromatic carbocycles. The molecule has 30 heavy (non-hydrogen) atoms. The molecular formula is C20H33N7O2S. The van der Waals surface area contributed by atoms with E-state index in [1.807, 2.05) is 6.07 Å². The van der Waals surface area contributed by atoms with Gasteiger partial charge in [0.2, 0.25) is 10.0 Å². The Morgan fingerprint density at radius 1 is 1.27 bits per heavy atom. The smallest absolute Gasteiger partial charge is 0.238 e. The fraction of sp³-hybridized carbons (Fsp3) is 0.550. The van der Waals surface area contributed by atoms with Gasteiger partial charge in [0, 0.05) is 12.1 Å². The first-order valence-corrected chi connectivity index (χ1v) is 11.5. The first-order chi connectivity index (χ1) is 14.1. The van der Waals surface area contributed by atoms with Crippen molar-refractivity contribution in [3.8, 4) is 0 Å². The lowest BCUT2D eigenvalue weighted by Crippen LogP contribution is -2.27. The van der Waals surface area contributed by atoms with Gasteiger partial charge in [0.1, 0.15) is 0 Å². The Hall–Kier alpha value is -2.14. The van der Waals surface area contributed by atoms with Crippen molar-refractivity contribution in [3.63, 3.8) is 0 Å². The monoisotopic (exact) mass is 435 g/mol. The average molecular weight is 436 g/mol. The number of allylic oxidation sites excluding steroid dienone is 1. The van der Waals surface area contributed by atoms with Gasteiger partial charge in [-0.1, -0.05) is 29.0 Å².